The normalized spacial score (nSPS) is 18.1. The Labute approximate surface area is 176 Å². The molecular formula is C24H27NO5. The smallest absolute Gasteiger partial charge is 0.295 e. The molecule has 0 aliphatic carbocycles. The molecule has 1 amide bonds. The molecule has 0 spiro atoms. The van der Waals surface area contributed by atoms with Crippen molar-refractivity contribution in [2.75, 3.05) is 27.4 Å². The lowest BCUT2D eigenvalue weighted by atomic mass is 9.94. The van der Waals surface area contributed by atoms with Crippen LogP contribution in [0.2, 0.25) is 0 Å². The van der Waals surface area contributed by atoms with Crippen LogP contribution in [0.1, 0.15) is 36.1 Å². The average Bonchev–Trinajstić information content (AvgIpc) is 3.03. The van der Waals surface area contributed by atoms with Crippen molar-refractivity contribution in [1.82, 2.24) is 4.90 Å². The molecule has 1 saturated heterocycles. The number of hydrogen-bond acceptors (Lipinski definition) is 5. The number of likely N-dealkylation sites (tertiary alicyclic amines) is 1. The third-order valence-corrected chi connectivity index (χ3v) is 5.33. The number of methoxy groups -OCH3 is 2. The van der Waals surface area contributed by atoms with E-state index >= 15 is 0 Å². The molecule has 0 saturated carbocycles. The third-order valence-electron chi connectivity index (χ3n) is 5.33. The van der Waals surface area contributed by atoms with Crippen LogP contribution in [0.5, 0.6) is 5.75 Å². The molecule has 1 unspecified atom stereocenters. The van der Waals surface area contributed by atoms with Gasteiger partial charge in [-0.3, -0.25) is 9.59 Å². The Kier molecular flexibility index (Phi) is 6.90. The van der Waals surface area contributed by atoms with Gasteiger partial charge in [0.2, 0.25) is 0 Å². The summed E-state index contributed by atoms with van der Waals surface area (Å²) in [6.45, 7) is 2.89. The summed E-state index contributed by atoms with van der Waals surface area (Å²) in [6, 6.07) is 14.0. The second-order valence-corrected chi connectivity index (χ2v) is 7.17. The number of aliphatic hydroxyl groups is 1. The van der Waals surface area contributed by atoms with E-state index in [2.05, 4.69) is 6.92 Å². The van der Waals surface area contributed by atoms with Crippen molar-refractivity contribution in [2.45, 2.75) is 25.8 Å². The number of hydrogen-bond donors (Lipinski definition) is 1. The van der Waals surface area contributed by atoms with E-state index in [4.69, 9.17) is 9.47 Å². The first-order valence-electron chi connectivity index (χ1n) is 10.0. The number of nitrogens with zero attached hydrogens (tertiary/aromatic N) is 1. The maximum Gasteiger partial charge on any atom is 0.295 e. The van der Waals surface area contributed by atoms with E-state index in [1.54, 1.807) is 31.4 Å². The van der Waals surface area contributed by atoms with Crippen molar-refractivity contribution in [3.63, 3.8) is 0 Å². The maximum atomic E-state index is 13.0. The molecule has 1 heterocycles. The molecule has 1 fully saturated rings. The van der Waals surface area contributed by atoms with Crippen LogP contribution in [0.4, 0.5) is 0 Å². The summed E-state index contributed by atoms with van der Waals surface area (Å²) >= 11 is 0. The summed E-state index contributed by atoms with van der Waals surface area (Å²) in [5.74, 6) is -0.944. The van der Waals surface area contributed by atoms with Crippen LogP contribution in [0.3, 0.4) is 0 Å². The van der Waals surface area contributed by atoms with Crippen LogP contribution in [-0.2, 0) is 20.7 Å². The van der Waals surface area contributed by atoms with Gasteiger partial charge in [0.1, 0.15) is 11.5 Å². The van der Waals surface area contributed by atoms with Crippen molar-refractivity contribution < 1.29 is 24.2 Å². The number of amides is 1. The number of carbonyl (C=O) groups excluding carboxylic acids is 2. The van der Waals surface area contributed by atoms with Crippen molar-refractivity contribution in [2.24, 2.45) is 0 Å². The molecule has 1 aliphatic rings. The summed E-state index contributed by atoms with van der Waals surface area (Å²) in [7, 11) is 3.13. The summed E-state index contributed by atoms with van der Waals surface area (Å²) in [5, 5.41) is 11.0. The second kappa shape index (κ2) is 9.59. The topological polar surface area (TPSA) is 76.1 Å². The molecule has 1 atom stereocenters. The van der Waals surface area contributed by atoms with Gasteiger partial charge in [-0.25, -0.2) is 0 Å². The Morgan fingerprint density at radius 3 is 2.47 bits per heavy atom. The minimum atomic E-state index is -0.683. The van der Waals surface area contributed by atoms with E-state index in [1.165, 1.54) is 12.0 Å². The number of rotatable bonds is 8. The lowest BCUT2D eigenvalue weighted by molar-refractivity contribution is -0.140. The zero-order valence-electron chi connectivity index (χ0n) is 17.6. The van der Waals surface area contributed by atoms with E-state index < -0.39 is 17.7 Å². The zero-order valence-corrected chi connectivity index (χ0v) is 17.6. The van der Waals surface area contributed by atoms with Gasteiger partial charge in [0.05, 0.1) is 18.7 Å². The predicted octanol–water partition coefficient (Wildman–Crippen LogP) is 3.72. The van der Waals surface area contributed by atoms with Crippen LogP contribution >= 0.6 is 0 Å². The van der Waals surface area contributed by atoms with E-state index in [0.29, 0.717) is 30.9 Å². The Bertz CT molecular complexity index is 948. The molecule has 0 bridgehead atoms. The van der Waals surface area contributed by atoms with Crippen LogP contribution in [0.15, 0.2) is 54.1 Å². The van der Waals surface area contributed by atoms with Gasteiger partial charge in [0.25, 0.3) is 11.7 Å². The van der Waals surface area contributed by atoms with Crippen molar-refractivity contribution >= 4 is 17.4 Å². The number of Topliss-reactive ketones (excluding diaryl/α,β-unsaturated/α-hetero) is 1. The first-order valence-corrected chi connectivity index (χ1v) is 10.0. The summed E-state index contributed by atoms with van der Waals surface area (Å²) < 4.78 is 10.3. The number of carbonyl (C=O) groups is 2. The maximum absolute atomic E-state index is 13.0. The van der Waals surface area contributed by atoms with E-state index in [9.17, 15) is 14.7 Å². The number of ether oxygens (including phenoxy) is 2. The minimum Gasteiger partial charge on any atom is -0.507 e. The van der Waals surface area contributed by atoms with Gasteiger partial charge < -0.3 is 19.5 Å². The highest BCUT2D eigenvalue weighted by atomic mass is 16.5. The summed E-state index contributed by atoms with van der Waals surface area (Å²) in [5.41, 5.74) is 2.46. The van der Waals surface area contributed by atoms with Crippen molar-refractivity contribution in [1.29, 1.82) is 0 Å². The largest absolute Gasteiger partial charge is 0.507 e. The molecule has 6 nitrogen and oxygen atoms in total. The van der Waals surface area contributed by atoms with Crippen molar-refractivity contribution in [3.05, 3.63) is 70.8 Å². The number of ketones is 1. The number of benzene rings is 2. The zero-order chi connectivity index (χ0) is 21.7. The van der Waals surface area contributed by atoms with E-state index in [-0.39, 0.29) is 11.3 Å². The van der Waals surface area contributed by atoms with Gasteiger partial charge in [0, 0.05) is 25.8 Å². The average molecular weight is 409 g/mol. The van der Waals surface area contributed by atoms with Crippen LogP contribution < -0.4 is 4.74 Å². The molecular weight excluding hydrogens is 382 g/mol. The predicted molar refractivity (Wildman–Crippen MR) is 114 cm³/mol. The Hall–Kier alpha value is -3.12. The molecule has 0 radical (unpaired) electrons. The number of aliphatic hydroxyl groups excluding tert-OH is 1. The molecule has 3 rings (SSSR count). The van der Waals surface area contributed by atoms with Gasteiger partial charge in [-0.2, -0.15) is 0 Å². The lowest BCUT2D eigenvalue weighted by Gasteiger charge is -2.25. The fourth-order valence-corrected chi connectivity index (χ4v) is 3.70. The highest BCUT2D eigenvalue weighted by Gasteiger charge is 2.45. The first kappa shape index (κ1) is 21.6. The van der Waals surface area contributed by atoms with Gasteiger partial charge in [-0.1, -0.05) is 43.3 Å². The molecule has 2 aromatic rings. The van der Waals surface area contributed by atoms with E-state index in [0.717, 1.165) is 17.5 Å². The quantitative estimate of drug-likeness (QED) is 0.311. The SMILES string of the molecule is CCc1ccc(C2C(=C(O)c3cccc(OC)c3)C(=O)C(=O)N2CCCOC)cc1. The van der Waals surface area contributed by atoms with Crippen LogP contribution in [0, 0.1) is 0 Å². The Balaban J connectivity index is 2.11. The molecule has 1 aliphatic heterocycles. The van der Waals surface area contributed by atoms with Gasteiger partial charge in [-0.15, -0.1) is 0 Å². The first-order chi connectivity index (χ1) is 14.5. The standard InChI is InChI=1S/C24H27NO5/c1-4-16-9-11-17(12-10-16)21-20(22(26)18-7-5-8-19(15-18)30-3)23(27)24(28)25(21)13-6-14-29-2/h5,7-12,15,21,26H,4,6,13-14H2,1-3H3. The Morgan fingerprint density at radius 1 is 1.10 bits per heavy atom. The number of aryl methyl sites for hydroxylation is 1. The third kappa shape index (κ3) is 4.24. The fourth-order valence-electron chi connectivity index (χ4n) is 3.70. The minimum absolute atomic E-state index is 0.0925. The van der Waals surface area contributed by atoms with Crippen LogP contribution in [0.25, 0.3) is 5.76 Å². The highest BCUT2D eigenvalue weighted by molar-refractivity contribution is 6.46. The summed E-state index contributed by atoms with van der Waals surface area (Å²) in [6.07, 6.45) is 1.48. The lowest BCUT2D eigenvalue weighted by Crippen LogP contribution is -2.31. The van der Waals surface area contributed by atoms with Gasteiger partial charge in [0.15, 0.2) is 0 Å². The Morgan fingerprint density at radius 2 is 1.83 bits per heavy atom. The molecule has 158 valence electrons. The monoisotopic (exact) mass is 409 g/mol. The van der Waals surface area contributed by atoms with Gasteiger partial charge >= 0.3 is 0 Å². The van der Waals surface area contributed by atoms with Gasteiger partial charge in [-0.05, 0) is 36.1 Å². The summed E-state index contributed by atoms with van der Waals surface area (Å²) in [4.78, 5) is 27.3. The molecule has 1 N–H and O–H groups in total. The molecule has 2 aromatic carbocycles. The van der Waals surface area contributed by atoms with Crippen molar-refractivity contribution in [3.8, 4) is 5.75 Å². The molecule has 6 heteroatoms. The second-order valence-electron chi connectivity index (χ2n) is 7.17. The highest BCUT2D eigenvalue weighted by Crippen LogP contribution is 2.39. The van der Waals surface area contributed by atoms with Crippen LogP contribution in [-0.4, -0.2) is 49.1 Å². The van der Waals surface area contributed by atoms with E-state index in [1.807, 2.05) is 24.3 Å². The molecule has 30 heavy (non-hydrogen) atoms. The fraction of sp³-hybridized carbons (Fsp3) is 0.333. The molecule has 0 aromatic heterocycles.